The summed E-state index contributed by atoms with van der Waals surface area (Å²) in [7, 11) is 1.85. The van der Waals surface area contributed by atoms with Crippen molar-refractivity contribution in [3.63, 3.8) is 0 Å². The van der Waals surface area contributed by atoms with Gasteiger partial charge < -0.3 is 4.74 Å². The predicted molar refractivity (Wildman–Crippen MR) is 71.1 cm³/mol. The van der Waals surface area contributed by atoms with E-state index in [0.29, 0.717) is 6.07 Å². The Balaban J connectivity index is 2.97. The van der Waals surface area contributed by atoms with Gasteiger partial charge in [-0.3, -0.25) is 0 Å². The zero-order valence-electron chi connectivity index (χ0n) is 11.8. The van der Waals surface area contributed by atoms with Gasteiger partial charge in [-0.25, -0.2) is 26.3 Å². The van der Waals surface area contributed by atoms with E-state index in [1.54, 1.807) is 0 Å². The van der Waals surface area contributed by atoms with Crippen molar-refractivity contribution in [1.82, 2.24) is 0 Å². The third kappa shape index (κ3) is 2.22. The Morgan fingerprint density at radius 1 is 0.818 bits per heavy atom. The summed E-state index contributed by atoms with van der Waals surface area (Å²) < 4.78 is 87.9. The lowest BCUT2D eigenvalue weighted by molar-refractivity contribution is 0.359. The molecule has 2 rings (SSSR count). The van der Waals surface area contributed by atoms with Crippen LogP contribution in [0.3, 0.4) is 0 Å². The molecule has 0 fully saturated rings. The van der Waals surface area contributed by atoms with E-state index >= 15 is 0 Å². The first kappa shape index (κ1) is 16.3. The van der Waals surface area contributed by atoms with E-state index in [9.17, 15) is 26.3 Å². The van der Waals surface area contributed by atoms with Crippen molar-refractivity contribution in [2.24, 2.45) is 0 Å². The molecule has 0 aromatic heterocycles. The summed E-state index contributed by atoms with van der Waals surface area (Å²) in [5.41, 5.74) is -3.54. The smallest absolute Gasteiger partial charge is 0.190 e. The number of benzene rings is 2. The van der Waals surface area contributed by atoms with Gasteiger partial charge in [-0.1, -0.05) is 0 Å². The van der Waals surface area contributed by atoms with Crippen LogP contribution in [0.2, 0.25) is 0 Å². The van der Waals surface area contributed by atoms with Crippen molar-refractivity contribution in [2.45, 2.75) is 6.92 Å². The van der Waals surface area contributed by atoms with E-state index < -0.39 is 57.2 Å². The first-order valence-electron chi connectivity index (χ1n) is 6.07. The highest BCUT2D eigenvalue weighted by Crippen LogP contribution is 2.36. The van der Waals surface area contributed by atoms with E-state index in [1.165, 1.54) is 0 Å². The van der Waals surface area contributed by atoms with Crippen LogP contribution in [-0.4, -0.2) is 15.0 Å². The molecule has 1 nitrogen and oxygen atoms in total. The monoisotopic (exact) mass is 318 g/mol. The molecule has 0 heterocycles. The Morgan fingerprint density at radius 3 is 1.95 bits per heavy atom. The second kappa shape index (κ2) is 5.59. The molecule has 0 aliphatic rings. The fourth-order valence-corrected chi connectivity index (χ4v) is 2.10. The Hall–Kier alpha value is -2.12. The zero-order valence-corrected chi connectivity index (χ0v) is 11.8. The fraction of sp³-hybridized carbons (Fsp3) is 0.143. The summed E-state index contributed by atoms with van der Waals surface area (Å²) in [5.74, 6) is -10.1. The highest BCUT2D eigenvalue weighted by molar-refractivity contribution is 6.33. The second-order valence-corrected chi connectivity index (χ2v) is 4.65. The highest BCUT2D eigenvalue weighted by Gasteiger charge is 2.29. The number of hydrogen-bond acceptors (Lipinski definition) is 1. The molecule has 2 aromatic rings. The Kier molecular flexibility index (Phi) is 4.13. The van der Waals surface area contributed by atoms with Crippen molar-refractivity contribution in [2.75, 3.05) is 7.11 Å². The van der Waals surface area contributed by atoms with Crippen molar-refractivity contribution in [3.05, 3.63) is 46.5 Å². The van der Waals surface area contributed by atoms with E-state index in [1.807, 2.05) is 0 Å². The zero-order chi connectivity index (χ0) is 16.8. The first-order valence-corrected chi connectivity index (χ1v) is 6.07. The largest absolute Gasteiger partial charge is 0.491 e. The van der Waals surface area contributed by atoms with Crippen LogP contribution < -0.4 is 10.2 Å². The standard InChI is InChI=1S/C14H9BF6O/c1-4-3-5(16)6(11(19)9(4)17)7-10(18)8(15)13(21)14(22-2)12(7)20/h3H,15H2,1-2H3. The van der Waals surface area contributed by atoms with Gasteiger partial charge >= 0.3 is 0 Å². The van der Waals surface area contributed by atoms with E-state index in [2.05, 4.69) is 4.74 Å². The molecule has 0 unspecified atom stereocenters. The number of hydrogen-bond donors (Lipinski definition) is 0. The van der Waals surface area contributed by atoms with Crippen LogP contribution in [-0.2, 0) is 0 Å². The normalized spacial score (nSPS) is 10.9. The second-order valence-electron chi connectivity index (χ2n) is 4.65. The molecular weight excluding hydrogens is 309 g/mol. The summed E-state index contributed by atoms with van der Waals surface area (Å²) >= 11 is 0. The van der Waals surface area contributed by atoms with E-state index in [4.69, 9.17) is 0 Å². The molecule has 0 saturated carbocycles. The van der Waals surface area contributed by atoms with Crippen LogP contribution in [0.4, 0.5) is 26.3 Å². The fourth-order valence-electron chi connectivity index (χ4n) is 2.10. The number of ether oxygens (including phenoxy) is 1. The maximum absolute atomic E-state index is 14.2. The molecule has 0 aliphatic heterocycles. The molecule has 8 heteroatoms. The van der Waals surface area contributed by atoms with Crippen LogP contribution in [0, 0.1) is 41.8 Å². The predicted octanol–water partition coefficient (Wildman–Crippen LogP) is 2.76. The average molecular weight is 318 g/mol. The number of rotatable bonds is 2. The topological polar surface area (TPSA) is 9.23 Å². The molecule has 0 bridgehead atoms. The van der Waals surface area contributed by atoms with Gasteiger partial charge in [-0.05, 0) is 24.0 Å². The number of methoxy groups -OCH3 is 1. The van der Waals surface area contributed by atoms with Gasteiger partial charge in [0, 0.05) is 0 Å². The van der Waals surface area contributed by atoms with Crippen LogP contribution >= 0.6 is 0 Å². The molecule has 0 saturated heterocycles. The van der Waals surface area contributed by atoms with Gasteiger partial charge in [0.05, 0.1) is 18.2 Å². The van der Waals surface area contributed by atoms with Gasteiger partial charge in [0.2, 0.25) is 0 Å². The molecule has 22 heavy (non-hydrogen) atoms. The minimum atomic E-state index is -1.76. The third-order valence-corrected chi connectivity index (χ3v) is 3.29. The molecular formula is C14H9BF6O. The van der Waals surface area contributed by atoms with Gasteiger partial charge in [0.1, 0.15) is 19.5 Å². The summed E-state index contributed by atoms with van der Waals surface area (Å²) in [6.07, 6.45) is 0. The first-order chi connectivity index (χ1) is 10.2. The maximum atomic E-state index is 14.2. The molecule has 0 amide bonds. The Morgan fingerprint density at radius 2 is 1.41 bits per heavy atom. The van der Waals surface area contributed by atoms with Gasteiger partial charge in [0.15, 0.2) is 29.0 Å². The van der Waals surface area contributed by atoms with Crippen molar-refractivity contribution in [1.29, 1.82) is 0 Å². The maximum Gasteiger partial charge on any atom is 0.190 e. The number of halogens is 6. The van der Waals surface area contributed by atoms with E-state index in [-0.39, 0.29) is 5.56 Å². The van der Waals surface area contributed by atoms with Crippen molar-refractivity contribution < 1.29 is 31.1 Å². The highest BCUT2D eigenvalue weighted by atomic mass is 19.2. The molecule has 0 atom stereocenters. The lowest BCUT2D eigenvalue weighted by Gasteiger charge is -2.15. The summed E-state index contributed by atoms with van der Waals surface area (Å²) in [5, 5.41) is 0. The Labute approximate surface area is 122 Å². The van der Waals surface area contributed by atoms with Crippen LogP contribution in [0.5, 0.6) is 5.75 Å². The van der Waals surface area contributed by atoms with Crippen molar-refractivity contribution >= 4 is 13.3 Å². The summed E-state index contributed by atoms with van der Waals surface area (Å²) in [4.78, 5) is 0. The summed E-state index contributed by atoms with van der Waals surface area (Å²) in [6.45, 7) is 1.09. The minimum Gasteiger partial charge on any atom is -0.491 e. The molecule has 0 radical (unpaired) electrons. The van der Waals surface area contributed by atoms with Gasteiger partial charge in [-0.2, -0.15) is 0 Å². The number of aryl methyl sites for hydroxylation is 1. The third-order valence-electron chi connectivity index (χ3n) is 3.29. The lowest BCUT2D eigenvalue weighted by Crippen LogP contribution is -2.19. The molecule has 0 aliphatic carbocycles. The minimum absolute atomic E-state index is 0.370. The lowest BCUT2D eigenvalue weighted by atomic mass is 9.89. The van der Waals surface area contributed by atoms with Gasteiger partial charge in [-0.15, -0.1) is 0 Å². The SMILES string of the molecule is Bc1c(F)c(OC)c(F)c(-c2c(F)cc(C)c(F)c2F)c1F. The quantitative estimate of drug-likeness (QED) is 0.470. The molecule has 0 spiro atoms. The summed E-state index contributed by atoms with van der Waals surface area (Å²) in [6, 6.07) is 0.595. The van der Waals surface area contributed by atoms with Gasteiger partial charge in [0.25, 0.3) is 0 Å². The van der Waals surface area contributed by atoms with Crippen molar-refractivity contribution in [3.8, 4) is 16.9 Å². The molecule has 0 N–H and O–H groups in total. The average Bonchev–Trinajstić information content (AvgIpc) is 2.47. The molecule has 116 valence electrons. The van der Waals surface area contributed by atoms with E-state index in [0.717, 1.165) is 21.9 Å². The molecule has 2 aromatic carbocycles. The Bertz CT molecular complexity index is 775. The van der Waals surface area contributed by atoms with Crippen LogP contribution in [0.1, 0.15) is 5.56 Å². The van der Waals surface area contributed by atoms with Crippen LogP contribution in [0.15, 0.2) is 6.07 Å². The van der Waals surface area contributed by atoms with Crippen LogP contribution in [0.25, 0.3) is 11.1 Å².